The average molecular weight is 194 g/mol. The normalized spacial score (nSPS) is 26.0. The summed E-state index contributed by atoms with van der Waals surface area (Å²) >= 11 is 0. The van der Waals surface area contributed by atoms with E-state index in [1.807, 2.05) is 6.07 Å². The lowest BCUT2D eigenvalue weighted by molar-refractivity contribution is -0.128. The van der Waals surface area contributed by atoms with Gasteiger partial charge in [0.05, 0.1) is 5.30 Å². The number of rotatable bonds is 1. The molecule has 3 nitrogen and oxygen atoms in total. The number of hydrogen-bond acceptors (Lipinski definition) is 3. The summed E-state index contributed by atoms with van der Waals surface area (Å²) in [6.07, 6.45) is 1.20. The first-order chi connectivity index (χ1) is 6.21. The Kier molecular flexibility index (Phi) is 1.82. The lowest BCUT2D eigenvalue weighted by Gasteiger charge is -2.07. The van der Waals surface area contributed by atoms with E-state index in [2.05, 4.69) is 0 Å². The van der Waals surface area contributed by atoms with Crippen molar-refractivity contribution in [3.05, 3.63) is 42.2 Å². The minimum atomic E-state index is -3.01. The number of carbonyl (C=O) groups excluding carboxylic acids is 1. The summed E-state index contributed by atoms with van der Waals surface area (Å²) in [5.41, 5.74) is 0. The molecule has 1 aliphatic heterocycles. The molecule has 0 aromatic heterocycles. The zero-order valence-electron chi connectivity index (χ0n) is 6.71. The molecule has 13 heavy (non-hydrogen) atoms. The van der Waals surface area contributed by atoms with Crippen LogP contribution in [-0.4, -0.2) is 5.97 Å². The summed E-state index contributed by atoms with van der Waals surface area (Å²) in [6, 6.07) is 8.70. The zero-order chi connectivity index (χ0) is 9.31. The lowest BCUT2D eigenvalue weighted by Crippen LogP contribution is -2.03. The van der Waals surface area contributed by atoms with Crippen LogP contribution in [0.15, 0.2) is 42.2 Å². The van der Waals surface area contributed by atoms with Crippen LogP contribution < -0.4 is 5.30 Å². The highest BCUT2D eigenvalue weighted by Crippen LogP contribution is 2.50. The first-order valence-electron chi connectivity index (χ1n) is 3.79. The number of benzene rings is 1. The van der Waals surface area contributed by atoms with E-state index in [-0.39, 0.29) is 0 Å². The Morgan fingerprint density at radius 1 is 1.15 bits per heavy atom. The Bertz CT molecular complexity index is 408. The van der Waals surface area contributed by atoms with E-state index in [0.29, 0.717) is 5.30 Å². The van der Waals surface area contributed by atoms with Gasteiger partial charge in [0, 0.05) is 11.9 Å². The molecular weight excluding hydrogens is 187 g/mol. The van der Waals surface area contributed by atoms with Crippen molar-refractivity contribution in [1.29, 1.82) is 0 Å². The summed E-state index contributed by atoms with van der Waals surface area (Å²) in [5.74, 6) is 0.803. The minimum absolute atomic E-state index is 0.535. The smallest absolute Gasteiger partial charge is 0.336 e. The highest BCUT2D eigenvalue weighted by atomic mass is 31.2. The molecule has 1 heterocycles. The molecular formula is C9H7O3P. The van der Waals surface area contributed by atoms with Crippen molar-refractivity contribution in [3.63, 3.8) is 0 Å². The molecule has 0 fully saturated rings. The molecule has 0 saturated heterocycles. The Morgan fingerprint density at radius 2 is 1.85 bits per heavy atom. The van der Waals surface area contributed by atoms with E-state index < -0.39 is 13.3 Å². The fraction of sp³-hybridized carbons (Fsp3) is 0. The lowest BCUT2D eigenvalue weighted by atomic mass is 10.4. The molecule has 0 N–H and O–H groups in total. The largest absolute Gasteiger partial charge is 0.402 e. The van der Waals surface area contributed by atoms with Crippen LogP contribution in [0.25, 0.3) is 0 Å². The van der Waals surface area contributed by atoms with Crippen LogP contribution in [-0.2, 0) is 13.9 Å². The molecule has 0 saturated carbocycles. The minimum Gasteiger partial charge on any atom is -0.402 e. The maximum Gasteiger partial charge on any atom is 0.336 e. The van der Waals surface area contributed by atoms with E-state index in [4.69, 9.17) is 4.52 Å². The summed E-state index contributed by atoms with van der Waals surface area (Å²) in [5, 5.41) is 0.553. The molecule has 4 heteroatoms. The SMILES string of the molecule is O=C1C=CP(=O)(c2ccccc2)O1. The zero-order valence-corrected chi connectivity index (χ0v) is 7.61. The van der Waals surface area contributed by atoms with Gasteiger partial charge >= 0.3 is 13.3 Å². The van der Waals surface area contributed by atoms with Gasteiger partial charge in [-0.2, -0.15) is 0 Å². The van der Waals surface area contributed by atoms with Crippen LogP contribution in [0.4, 0.5) is 0 Å². The predicted molar refractivity (Wildman–Crippen MR) is 48.9 cm³/mol. The van der Waals surface area contributed by atoms with Gasteiger partial charge in [-0.25, -0.2) is 4.79 Å². The van der Waals surface area contributed by atoms with Crippen molar-refractivity contribution in [2.75, 3.05) is 0 Å². The predicted octanol–water partition coefficient (Wildman–Crippen LogP) is 1.66. The van der Waals surface area contributed by atoms with Crippen molar-refractivity contribution < 1.29 is 13.9 Å². The van der Waals surface area contributed by atoms with Crippen LogP contribution in [0, 0.1) is 0 Å². The van der Waals surface area contributed by atoms with Gasteiger partial charge in [-0.05, 0) is 12.1 Å². The van der Waals surface area contributed by atoms with Crippen molar-refractivity contribution in [1.82, 2.24) is 0 Å². The molecule has 1 aromatic rings. The van der Waals surface area contributed by atoms with Gasteiger partial charge < -0.3 is 4.52 Å². The first kappa shape index (κ1) is 8.27. The fourth-order valence-electron chi connectivity index (χ4n) is 1.13. The second-order valence-corrected chi connectivity index (χ2v) is 4.85. The maximum absolute atomic E-state index is 11.9. The molecule has 1 unspecified atom stereocenters. The Morgan fingerprint density at radius 3 is 2.38 bits per heavy atom. The number of hydrogen-bond donors (Lipinski definition) is 0. The fourth-order valence-corrected chi connectivity index (χ4v) is 2.70. The molecule has 2 rings (SSSR count). The van der Waals surface area contributed by atoms with E-state index in [1.165, 1.54) is 11.9 Å². The maximum atomic E-state index is 11.9. The summed E-state index contributed by atoms with van der Waals surface area (Å²) < 4.78 is 16.6. The molecule has 0 radical (unpaired) electrons. The van der Waals surface area contributed by atoms with Gasteiger partial charge in [0.1, 0.15) is 0 Å². The summed E-state index contributed by atoms with van der Waals surface area (Å²) in [7, 11) is -3.01. The van der Waals surface area contributed by atoms with Gasteiger partial charge in [0.15, 0.2) is 0 Å². The van der Waals surface area contributed by atoms with E-state index in [0.717, 1.165) is 0 Å². The van der Waals surface area contributed by atoms with Crippen LogP contribution in [0.2, 0.25) is 0 Å². The second kappa shape index (κ2) is 2.86. The monoisotopic (exact) mass is 194 g/mol. The molecule has 0 spiro atoms. The summed E-state index contributed by atoms with van der Waals surface area (Å²) in [6.45, 7) is 0. The third kappa shape index (κ3) is 1.43. The van der Waals surface area contributed by atoms with E-state index >= 15 is 0 Å². The van der Waals surface area contributed by atoms with Gasteiger partial charge in [-0.15, -0.1) is 0 Å². The molecule has 0 aliphatic carbocycles. The van der Waals surface area contributed by atoms with Crippen molar-refractivity contribution in [2.24, 2.45) is 0 Å². The second-order valence-electron chi connectivity index (χ2n) is 2.66. The van der Waals surface area contributed by atoms with Crippen LogP contribution >= 0.6 is 7.37 Å². The highest BCUT2D eigenvalue weighted by molar-refractivity contribution is 7.70. The van der Waals surface area contributed by atoms with Crippen LogP contribution in [0.5, 0.6) is 0 Å². The van der Waals surface area contributed by atoms with Crippen molar-refractivity contribution in [2.45, 2.75) is 0 Å². The third-order valence-corrected chi connectivity index (χ3v) is 3.76. The molecule has 1 aliphatic rings. The summed E-state index contributed by atoms with van der Waals surface area (Å²) in [4.78, 5) is 10.8. The third-order valence-electron chi connectivity index (χ3n) is 1.75. The molecule has 66 valence electrons. The number of carbonyl (C=O) groups is 1. The van der Waals surface area contributed by atoms with Crippen molar-refractivity contribution >= 4 is 18.6 Å². The Labute approximate surface area is 75.5 Å². The van der Waals surface area contributed by atoms with Crippen LogP contribution in [0.1, 0.15) is 0 Å². The van der Waals surface area contributed by atoms with Gasteiger partial charge in [0.25, 0.3) is 0 Å². The van der Waals surface area contributed by atoms with E-state index in [9.17, 15) is 9.36 Å². The quantitative estimate of drug-likeness (QED) is 0.638. The van der Waals surface area contributed by atoms with E-state index in [1.54, 1.807) is 24.3 Å². The van der Waals surface area contributed by atoms with Crippen LogP contribution in [0.3, 0.4) is 0 Å². The van der Waals surface area contributed by atoms with Gasteiger partial charge in [-0.1, -0.05) is 18.2 Å². The standard InChI is InChI=1S/C9H7O3P/c10-9-6-7-13(11,12-9)8-4-2-1-3-5-8/h1-7H. The van der Waals surface area contributed by atoms with Gasteiger partial charge in [-0.3, -0.25) is 4.57 Å². The highest BCUT2D eigenvalue weighted by Gasteiger charge is 2.30. The van der Waals surface area contributed by atoms with Crippen molar-refractivity contribution in [3.8, 4) is 0 Å². The Balaban J connectivity index is 2.44. The molecule has 0 amide bonds. The molecule has 1 aromatic carbocycles. The topological polar surface area (TPSA) is 43.4 Å². The Hall–Kier alpha value is -1.34. The first-order valence-corrected chi connectivity index (χ1v) is 5.48. The average Bonchev–Trinajstić information content (AvgIpc) is 2.49. The van der Waals surface area contributed by atoms with Gasteiger partial charge in [0.2, 0.25) is 0 Å². The molecule has 1 atom stereocenters. The molecule has 0 bridgehead atoms.